The maximum atomic E-state index is 13.4. The van der Waals surface area contributed by atoms with E-state index in [1.807, 2.05) is 9.80 Å². The number of piperidine rings is 1. The fourth-order valence-electron chi connectivity index (χ4n) is 5.22. The maximum Gasteiger partial charge on any atom is 0.417 e. The van der Waals surface area contributed by atoms with E-state index in [1.165, 1.54) is 0 Å². The number of carbonyl (C=O) groups excluding carboxylic acids is 1. The molecule has 0 bridgehead atoms. The summed E-state index contributed by atoms with van der Waals surface area (Å²) in [6.07, 6.45) is 1.95. The van der Waals surface area contributed by atoms with E-state index < -0.39 is 17.2 Å². The number of amides is 1. The summed E-state index contributed by atoms with van der Waals surface area (Å²) in [4.78, 5) is 21.3. The van der Waals surface area contributed by atoms with Crippen LogP contribution in [0.1, 0.15) is 50.5 Å². The molecule has 30 heavy (non-hydrogen) atoms. The summed E-state index contributed by atoms with van der Waals surface area (Å²) < 4.78 is 38.8. The van der Waals surface area contributed by atoms with Crippen LogP contribution < -0.4 is 4.90 Å². The SMILES string of the molecule is N#CC1CCC(N2CC[C@@]3(CCCN(c4ncc(C(F)(F)F)cc4Cl)C3)C2=O)CC1. The number of hydrogen-bond acceptors (Lipinski definition) is 4. The molecule has 0 radical (unpaired) electrons. The molecule has 1 saturated carbocycles. The quantitative estimate of drug-likeness (QED) is 0.671. The lowest BCUT2D eigenvalue weighted by atomic mass is 9.78. The summed E-state index contributed by atoms with van der Waals surface area (Å²) in [7, 11) is 0. The van der Waals surface area contributed by atoms with Gasteiger partial charge in [-0.2, -0.15) is 18.4 Å². The Labute approximate surface area is 178 Å². The normalized spacial score (nSPS) is 30.0. The molecule has 0 aromatic carbocycles. The number of halogens is 4. The summed E-state index contributed by atoms with van der Waals surface area (Å²) >= 11 is 6.15. The second kappa shape index (κ2) is 7.92. The number of nitrogens with zero attached hydrogens (tertiary/aromatic N) is 4. The molecule has 1 aliphatic carbocycles. The highest BCUT2D eigenvalue weighted by Gasteiger charge is 2.51. The molecule has 9 heteroatoms. The average molecular weight is 441 g/mol. The van der Waals surface area contributed by atoms with Crippen LogP contribution in [0.5, 0.6) is 0 Å². The first kappa shape index (κ1) is 21.2. The predicted octanol–water partition coefficient (Wildman–Crippen LogP) is 4.66. The third kappa shape index (κ3) is 3.84. The van der Waals surface area contributed by atoms with Crippen LogP contribution in [0, 0.1) is 22.7 Å². The first-order valence-electron chi connectivity index (χ1n) is 10.4. The van der Waals surface area contributed by atoms with Gasteiger partial charge in [-0.05, 0) is 51.0 Å². The number of nitriles is 1. The summed E-state index contributed by atoms with van der Waals surface area (Å²) in [5.41, 5.74) is -1.41. The fraction of sp³-hybridized carbons (Fsp3) is 0.667. The van der Waals surface area contributed by atoms with Gasteiger partial charge in [0.1, 0.15) is 5.82 Å². The van der Waals surface area contributed by atoms with Gasteiger partial charge in [-0.15, -0.1) is 0 Å². The minimum Gasteiger partial charge on any atom is -0.354 e. The number of anilines is 1. The maximum absolute atomic E-state index is 13.4. The van der Waals surface area contributed by atoms with E-state index in [0.29, 0.717) is 25.5 Å². The Hall–Kier alpha value is -2.01. The van der Waals surface area contributed by atoms with Gasteiger partial charge in [-0.1, -0.05) is 11.6 Å². The van der Waals surface area contributed by atoms with Gasteiger partial charge in [0.2, 0.25) is 5.91 Å². The molecule has 3 fully saturated rings. The molecule has 2 aliphatic heterocycles. The molecular formula is C21H24ClF3N4O. The zero-order valence-electron chi connectivity index (χ0n) is 16.6. The Morgan fingerprint density at radius 1 is 1.20 bits per heavy atom. The van der Waals surface area contributed by atoms with Crippen LogP contribution in [0.15, 0.2) is 12.3 Å². The zero-order chi connectivity index (χ0) is 21.5. The molecule has 162 valence electrons. The van der Waals surface area contributed by atoms with Crippen LogP contribution in [0.2, 0.25) is 5.02 Å². The van der Waals surface area contributed by atoms with Crippen molar-refractivity contribution in [2.24, 2.45) is 11.3 Å². The standard InChI is InChI=1S/C21H24ClF3N4O/c22-17-10-15(21(23,24)25)12-27-18(17)28-8-1-6-20(13-28)7-9-29(19(20)30)16-4-2-14(11-26)3-5-16/h10,12,14,16H,1-9,13H2/t14?,16?,20-/m1/s1. The Morgan fingerprint density at radius 2 is 1.93 bits per heavy atom. The van der Waals surface area contributed by atoms with E-state index in [4.69, 9.17) is 16.9 Å². The topological polar surface area (TPSA) is 60.2 Å². The van der Waals surface area contributed by atoms with Gasteiger partial charge >= 0.3 is 6.18 Å². The van der Waals surface area contributed by atoms with Gasteiger partial charge in [0.25, 0.3) is 0 Å². The molecular weight excluding hydrogens is 417 g/mol. The van der Waals surface area contributed by atoms with E-state index in [2.05, 4.69) is 11.1 Å². The Bertz CT molecular complexity index is 863. The number of hydrogen-bond donors (Lipinski definition) is 0. The molecule has 1 aromatic heterocycles. The number of likely N-dealkylation sites (tertiary alicyclic amines) is 1. The van der Waals surface area contributed by atoms with Gasteiger partial charge in [-0.3, -0.25) is 4.79 Å². The lowest BCUT2D eigenvalue weighted by molar-refractivity contribution is -0.139. The van der Waals surface area contributed by atoms with Crippen LogP contribution in [0.3, 0.4) is 0 Å². The smallest absolute Gasteiger partial charge is 0.354 e. The van der Waals surface area contributed by atoms with E-state index in [0.717, 1.165) is 57.2 Å². The minimum atomic E-state index is -4.50. The van der Waals surface area contributed by atoms with Gasteiger partial charge in [0.05, 0.1) is 22.1 Å². The summed E-state index contributed by atoms with van der Waals surface area (Å²) in [5.74, 6) is 0.533. The van der Waals surface area contributed by atoms with Gasteiger partial charge < -0.3 is 9.80 Å². The monoisotopic (exact) mass is 440 g/mol. The first-order chi connectivity index (χ1) is 14.2. The third-order valence-corrected chi connectivity index (χ3v) is 7.17. The van der Waals surface area contributed by atoms with Crippen LogP contribution >= 0.6 is 11.6 Å². The highest BCUT2D eigenvalue weighted by Crippen LogP contribution is 2.44. The van der Waals surface area contributed by atoms with E-state index >= 15 is 0 Å². The molecule has 3 heterocycles. The molecule has 0 unspecified atom stereocenters. The Kier molecular flexibility index (Phi) is 5.60. The van der Waals surface area contributed by atoms with Gasteiger partial charge in [0.15, 0.2) is 0 Å². The van der Waals surface area contributed by atoms with Crippen LogP contribution in [-0.4, -0.2) is 41.5 Å². The van der Waals surface area contributed by atoms with Crippen molar-refractivity contribution in [3.05, 3.63) is 22.8 Å². The molecule has 3 aliphatic rings. The van der Waals surface area contributed by atoms with E-state index in [-0.39, 0.29) is 22.9 Å². The number of alkyl halides is 3. The molecule has 0 N–H and O–H groups in total. The zero-order valence-corrected chi connectivity index (χ0v) is 17.3. The summed E-state index contributed by atoms with van der Waals surface area (Å²) in [6.45, 7) is 1.73. The predicted molar refractivity (Wildman–Crippen MR) is 106 cm³/mol. The lowest BCUT2D eigenvalue weighted by Gasteiger charge is -2.41. The number of pyridine rings is 1. The number of rotatable bonds is 2. The van der Waals surface area contributed by atoms with Crippen LogP contribution in [0.25, 0.3) is 0 Å². The molecule has 5 nitrogen and oxygen atoms in total. The fourth-order valence-corrected chi connectivity index (χ4v) is 5.51. The van der Waals surface area contributed by atoms with Crippen molar-refractivity contribution in [1.29, 1.82) is 5.26 Å². The Morgan fingerprint density at radius 3 is 2.57 bits per heavy atom. The highest BCUT2D eigenvalue weighted by molar-refractivity contribution is 6.33. The van der Waals surface area contributed by atoms with Gasteiger partial charge in [0, 0.05) is 37.8 Å². The van der Waals surface area contributed by atoms with E-state index in [9.17, 15) is 18.0 Å². The molecule has 2 saturated heterocycles. The van der Waals surface area contributed by atoms with Crippen LogP contribution in [0.4, 0.5) is 19.0 Å². The van der Waals surface area contributed by atoms with Crippen molar-refractivity contribution >= 4 is 23.3 Å². The van der Waals surface area contributed by atoms with Crippen molar-refractivity contribution in [1.82, 2.24) is 9.88 Å². The second-order valence-corrected chi connectivity index (χ2v) is 9.12. The molecule has 1 aromatic rings. The largest absolute Gasteiger partial charge is 0.417 e. The molecule has 1 atom stereocenters. The average Bonchev–Trinajstić information content (AvgIpc) is 3.03. The number of aromatic nitrogens is 1. The molecule has 1 spiro atoms. The van der Waals surface area contributed by atoms with Crippen molar-refractivity contribution in [2.75, 3.05) is 24.5 Å². The van der Waals surface area contributed by atoms with Crippen molar-refractivity contribution in [3.8, 4) is 6.07 Å². The third-order valence-electron chi connectivity index (χ3n) is 6.89. The van der Waals surface area contributed by atoms with E-state index in [1.54, 1.807) is 0 Å². The van der Waals surface area contributed by atoms with Crippen molar-refractivity contribution in [2.45, 2.75) is 57.2 Å². The molecule has 4 rings (SSSR count). The first-order valence-corrected chi connectivity index (χ1v) is 10.8. The summed E-state index contributed by atoms with van der Waals surface area (Å²) in [6, 6.07) is 3.41. The van der Waals surface area contributed by atoms with Crippen molar-refractivity contribution < 1.29 is 18.0 Å². The number of carbonyl (C=O) groups is 1. The molecule has 1 amide bonds. The summed E-state index contributed by atoms with van der Waals surface area (Å²) in [5, 5.41) is 9.06. The van der Waals surface area contributed by atoms with Gasteiger partial charge in [-0.25, -0.2) is 4.98 Å². The minimum absolute atomic E-state index is 0.0426. The van der Waals surface area contributed by atoms with Crippen LogP contribution in [-0.2, 0) is 11.0 Å². The lowest BCUT2D eigenvalue weighted by Crippen LogP contribution is -2.50. The van der Waals surface area contributed by atoms with Crippen molar-refractivity contribution in [3.63, 3.8) is 0 Å². The Balaban J connectivity index is 1.49. The second-order valence-electron chi connectivity index (χ2n) is 8.72. The highest BCUT2D eigenvalue weighted by atomic mass is 35.5.